The first-order valence-corrected chi connectivity index (χ1v) is 9.88. The van der Waals surface area contributed by atoms with Crippen molar-refractivity contribution in [3.63, 3.8) is 0 Å². The molecule has 2 aromatic heterocycles. The van der Waals surface area contributed by atoms with Crippen LogP contribution in [0.3, 0.4) is 0 Å². The first kappa shape index (κ1) is 18.0. The molecule has 2 heterocycles. The number of aliphatic imine (C=N–C) groups is 1. The van der Waals surface area contributed by atoms with Gasteiger partial charge in [-0.1, -0.05) is 72.8 Å². The highest BCUT2D eigenvalue weighted by Crippen LogP contribution is 2.23. The van der Waals surface area contributed by atoms with E-state index in [1.165, 1.54) is 5.56 Å². The molecule has 0 bridgehead atoms. The summed E-state index contributed by atoms with van der Waals surface area (Å²) in [6.07, 6.45) is 3.68. The van der Waals surface area contributed by atoms with E-state index in [9.17, 15) is 0 Å². The minimum Gasteiger partial charge on any atom is -0.236 e. The predicted molar refractivity (Wildman–Crippen MR) is 122 cm³/mol. The lowest BCUT2D eigenvalue weighted by Gasteiger charge is -2.08. The monoisotopic (exact) mass is 388 g/mol. The molecule has 0 amide bonds. The van der Waals surface area contributed by atoms with Crippen LogP contribution >= 0.6 is 0 Å². The Morgan fingerprint density at radius 1 is 0.767 bits per heavy atom. The Hall–Kier alpha value is -4.05. The Labute approximate surface area is 175 Å². The molecular weight excluding hydrogens is 368 g/mol. The van der Waals surface area contributed by atoms with Crippen LogP contribution in [0.15, 0.2) is 108 Å². The number of hydrogen-bond acceptors (Lipinski definition) is 3. The maximum absolute atomic E-state index is 4.95. The Balaban J connectivity index is 1.66. The van der Waals surface area contributed by atoms with Crippen molar-refractivity contribution in [3.05, 3.63) is 120 Å². The van der Waals surface area contributed by atoms with Gasteiger partial charge in [-0.15, -0.1) is 0 Å². The molecule has 0 fully saturated rings. The molecule has 0 unspecified atom stereocenters. The van der Waals surface area contributed by atoms with E-state index in [4.69, 9.17) is 4.99 Å². The molecule has 0 radical (unpaired) electrons. The number of rotatable bonds is 4. The molecule has 4 nitrogen and oxygen atoms in total. The third kappa shape index (κ3) is 3.51. The summed E-state index contributed by atoms with van der Waals surface area (Å²) in [7, 11) is 0. The van der Waals surface area contributed by atoms with Gasteiger partial charge < -0.3 is 0 Å². The summed E-state index contributed by atoms with van der Waals surface area (Å²) < 4.78 is 1.94. The molecule has 0 aliphatic rings. The van der Waals surface area contributed by atoms with E-state index in [1.54, 1.807) is 0 Å². The van der Waals surface area contributed by atoms with Crippen LogP contribution in [0, 0.1) is 6.92 Å². The minimum absolute atomic E-state index is 0.652. The van der Waals surface area contributed by atoms with E-state index >= 15 is 0 Å². The Bertz CT molecular complexity index is 1290. The summed E-state index contributed by atoms with van der Waals surface area (Å²) in [4.78, 5) is 9.53. The van der Waals surface area contributed by atoms with Gasteiger partial charge in [0.15, 0.2) is 5.82 Å². The van der Waals surface area contributed by atoms with Gasteiger partial charge in [-0.25, -0.2) is 14.7 Å². The van der Waals surface area contributed by atoms with Crippen molar-refractivity contribution < 1.29 is 0 Å². The number of nitrogens with zero attached hydrogens (tertiary/aromatic N) is 4. The lowest BCUT2D eigenvalue weighted by atomic mass is 10.0. The zero-order valence-electron chi connectivity index (χ0n) is 16.6. The van der Waals surface area contributed by atoms with Gasteiger partial charge in [-0.2, -0.15) is 5.10 Å². The number of pyridine rings is 1. The van der Waals surface area contributed by atoms with Crippen LogP contribution in [0.4, 0.5) is 5.82 Å². The molecule has 0 aliphatic carbocycles. The van der Waals surface area contributed by atoms with Crippen molar-refractivity contribution >= 4 is 22.4 Å². The number of aryl methyl sites for hydroxylation is 1. The van der Waals surface area contributed by atoms with Gasteiger partial charge >= 0.3 is 0 Å². The highest BCUT2D eigenvalue weighted by atomic mass is 15.3. The second-order valence-corrected chi connectivity index (χ2v) is 7.19. The van der Waals surface area contributed by atoms with Crippen LogP contribution in [-0.2, 0) is 0 Å². The van der Waals surface area contributed by atoms with Crippen LogP contribution in [0.2, 0.25) is 0 Å². The van der Waals surface area contributed by atoms with Crippen molar-refractivity contribution in [1.29, 1.82) is 0 Å². The number of hydrogen-bond donors (Lipinski definition) is 0. The first-order valence-electron chi connectivity index (χ1n) is 9.88. The normalized spacial score (nSPS) is 10.8. The molecule has 30 heavy (non-hydrogen) atoms. The topological polar surface area (TPSA) is 43.1 Å². The smallest absolute Gasteiger partial charge is 0.154 e. The van der Waals surface area contributed by atoms with E-state index in [-0.39, 0.29) is 0 Å². The molecule has 0 spiro atoms. The van der Waals surface area contributed by atoms with Gasteiger partial charge in [0.1, 0.15) is 0 Å². The lowest BCUT2D eigenvalue weighted by molar-refractivity contribution is 0.909. The molecule has 144 valence electrons. The third-order valence-electron chi connectivity index (χ3n) is 5.00. The van der Waals surface area contributed by atoms with Crippen molar-refractivity contribution in [2.45, 2.75) is 6.92 Å². The average Bonchev–Trinajstić information content (AvgIpc) is 3.22. The molecule has 0 N–H and O–H groups in total. The zero-order valence-corrected chi connectivity index (χ0v) is 16.6. The summed E-state index contributed by atoms with van der Waals surface area (Å²) in [5.41, 5.74) is 6.20. The second-order valence-electron chi connectivity index (χ2n) is 7.19. The van der Waals surface area contributed by atoms with E-state index in [0.717, 1.165) is 33.4 Å². The quantitative estimate of drug-likeness (QED) is 0.360. The highest BCUT2D eigenvalue weighted by Gasteiger charge is 2.10. The first-order chi connectivity index (χ1) is 14.8. The van der Waals surface area contributed by atoms with Crippen molar-refractivity contribution in [3.8, 4) is 5.69 Å². The van der Waals surface area contributed by atoms with Gasteiger partial charge in [-0.3, -0.25) is 0 Å². The fourth-order valence-corrected chi connectivity index (χ4v) is 3.54. The largest absolute Gasteiger partial charge is 0.236 e. The summed E-state index contributed by atoms with van der Waals surface area (Å²) in [6, 6.07) is 30.7. The molecule has 0 aliphatic heterocycles. The summed E-state index contributed by atoms with van der Waals surface area (Å²) >= 11 is 0. The van der Waals surface area contributed by atoms with E-state index in [0.29, 0.717) is 5.82 Å². The molecule has 3 aromatic carbocycles. The lowest BCUT2D eigenvalue weighted by Crippen LogP contribution is -2.03. The molecule has 0 saturated heterocycles. The Morgan fingerprint density at radius 3 is 2.13 bits per heavy atom. The van der Waals surface area contributed by atoms with Crippen LogP contribution < -0.4 is 0 Å². The van der Waals surface area contributed by atoms with E-state index in [2.05, 4.69) is 59.5 Å². The van der Waals surface area contributed by atoms with Crippen molar-refractivity contribution in [2.75, 3.05) is 0 Å². The van der Waals surface area contributed by atoms with Gasteiger partial charge in [0.25, 0.3) is 0 Å². The number of fused-ring (bicyclic) bond motifs is 1. The fraction of sp³-hybridized carbons (Fsp3) is 0.0385. The number of aromatic nitrogens is 3. The van der Waals surface area contributed by atoms with E-state index in [1.807, 2.05) is 65.6 Å². The summed E-state index contributed by atoms with van der Waals surface area (Å²) in [5.74, 6) is 0.652. The van der Waals surface area contributed by atoms with Crippen LogP contribution in [0.5, 0.6) is 0 Å². The van der Waals surface area contributed by atoms with E-state index < -0.39 is 0 Å². The molecule has 5 rings (SSSR count). The van der Waals surface area contributed by atoms with Crippen molar-refractivity contribution in [1.82, 2.24) is 14.8 Å². The SMILES string of the molecule is Cc1cccc(-n2ncc3cnc(N=C(c4ccccc4)c4ccccc4)cc32)c1. The molecule has 0 atom stereocenters. The molecule has 4 heteroatoms. The van der Waals surface area contributed by atoms with Crippen LogP contribution in [0.25, 0.3) is 16.6 Å². The van der Waals surface area contributed by atoms with Crippen molar-refractivity contribution in [2.24, 2.45) is 4.99 Å². The maximum Gasteiger partial charge on any atom is 0.154 e. The average molecular weight is 388 g/mol. The van der Waals surface area contributed by atoms with Crippen LogP contribution in [0.1, 0.15) is 16.7 Å². The molecule has 0 saturated carbocycles. The zero-order chi connectivity index (χ0) is 20.3. The summed E-state index contributed by atoms with van der Waals surface area (Å²) in [6.45, 7) is 2.08. The Morgan fingerprint density at radius 2 is 1.47 bits per heavy atom. The fourth-order valence-electron chi connectivity index (χ4n) is 3.54. The number of benzene rings is 3. The van der Waals surface area contributed by atoms with Crippen LogP contribution in [-0.4, -0.2) is 20.5 Å². The minimum atomic E-state index is 0.652. The second kappa shape index (κ2) is 7.76. The third-order valence-corrected chi connectivity index (χ3v) is 5.00. The van der Waals surface area contributed by atoms with Gasteiger partial charge in [0, 0.05) is 28.8 Å². The Kier molecular flexibility index (Phi) is 4.66. The molecule has 5 aromatic rings. The van der Waals surface area contributed by atoms with Gasteiger partial charge in [-0.05, 0) is 24.6 Å². The predicted octanol–water partition coefficient (Wildman–Crippen LogP) is 5.90. The molecular formula is C26H20N4. The standard InChI is InChI=1S/C26H20N4/c1-19-9-8-14-23(15-19)30-24-16-25(27-17-22(24)18-28-30)29-26(20-10-4-2-5-11-20)21-12-6-3-7-13-21/h2-18H,1H3. The van der Waals surface area contributed by atoms with Gasteiger partial charge in [0.05, 0.1) is 23.1 Å². The maximum atomic E-state index is 4.95. The summed E-state index contributed by atoms with van der Waals surface area (Å²) in [5, 5.41) is 5.55. The van der Waals surface area contributed by atoms with Gasteiger partial charge in [0.2, 0.25) is 0 Å². The highest BCUT2D eigenvalue weighted by molar-refractivity contribution is 6.13.